The van der Waals surface area contributed by atoms with Gasteiger partial charge in [0.25, 0.3) is 0 Å². The first kappa shape index (κ1) is 29.8. The minimum atomic E-state index is -0.0294. The first-order valence-electron chi connectivity index (χ1n) is 16.7. The maximum Gasteiger partial charge on any atom is 0.213 e. The minimum absolute atomic E-state index is 0.0294. The summed E-state index contributed by atoms with van der Waals surface area (Å²) in [6.07, 6.45) is 11.9. The number of hydrogen-bond acceptors (Lipinski definition) is 0. The second-order valence-electron chi connectivity index (χ2n) is 14.9. The predicted octanol–water partition coefficient (Wildman–Crippen LogP) is 9.52. The van der Waals surface area contributed by atoms with E-state index in [2.05, 4.69) is 150 Å². The normalized spacial score (nSPS) is 23.3. The Kier molecular flexibility index (Phi) is 7.43. The van der Waals surface area contributed by atoms with Crippen LogP contribution in [0.3, 0.4) is 0 Å². The highest BCUT2D eigenvalue weighted by atomic mass is 15.1. The average Bonchev–Trinajstić information content (AvgIpc) is 3.01. The van der Waals surface area contributed by atoms with Gasteiger partial charge in [-0.05, 0) is 78.3 Å². The van der Waals surface area contributed by atoms with Crippen LogP contribution in [-0.2, 0) is 28.3 Å². The summed E-state index contributed by atoms with van der Waals surface area (Å²) in [6, 6.07) is 27.4. The molecule has 2 aliphatic rings. The van der Waals surface area contributed by atoms with E-state index in [-0.39, 0.29) is 21.8 Å². The van der Waals surface area contributed by atoms with Crippen molar-refractivity contribution < 1.29 is 9.13 Å². The van der Waals surface area contributed by atoms with Gasteiger partial charge in [-0.3, -0.25) is 0 Å². The van der Waals surface area contributed by atoms with Crippen LogP contribution < -0.4 is 9.13 Å². The second-order valence-corrected chi connectivity index (χ2v) is 14.9. The minimum Gasteiger partial charge on any atom is -0.198 e. The van der Waals surface area contributed by atoms with Crippen molar-refractivity contribution in [3.63, 3.8) is 0 Å². The summed E-state index contributed by atoms with van der Waals surface area (Å²) in [5, 5.41) is 0. The summed E-state index contributed by atoms with van der Waals surface area (Å²) < 4.78 is 5.22. The first-order valence-corrected chi connectivity index (χ1v) is 16.7. The monoisotopic (exact) mass is 572 g/mol. The smallest absolute Gasteiger partial charge is 0.198 e. The fraction of sp³-hybridized carbons (Fsp3) is 0.463. The zero-order valence-electron chi connectivity index (χ0n) is 27.9. The number of benzene rings is 2. The summed E-state index contributed by atoms with van der Waals surface area (Å²) in [6.45, 7) is 20.5. The van der Waals surface area contributed by atoms with E-state index in [9.17, 15) is 0 Å². The fourth-order valence-corrected chi connectivity index (χ4v) is 8.79. The molecule has 43 heavy (non-hydrogen) atoms. The van der Waals surface area contributed by atoms with Crippen molar-refractivity contribution in [1.29, 1.82) is 0 Å². The van der Waals surface area contributed by atoms with Crippen LogP contribution in [0.15, 0.2) is 85.2 Å². The molecule has 1 aliphatic carbocycles. The highest BCUT2D eigenvalue weighted by molar-refractivity contribution is 5.67. The van der Waals surface area contributed by atoms with E-state index in [4.69, 9.17) is 0 Å². The SMILES string of the molecule is CCC1(CCC[n+]2ccccc2-c2ccccc2C)c2ccccc2-c2cc3c(c[n+]2C1(C)CC)C(C)(C)CCC3(C)C. The van der Waals surface area contributed by atoms with Crippen molar-refractivity contribution in [1.82, 2.24) is 0 Å². The van der Waals surface area contributed by atoms with Gasteiger partial charge in [0.1, 0.15) is 6.54 Å². The third kappa shape index (κ3) is 4.59. The van der Waals surface area contributed by atoms with E-state index < -0.39 is 0 Å². The van der Waals surface area contributed by atoms with Gasteiger partial charge in [0.2, 0.25) is 11.4 Å². The van der Waals surface area contributed by atoms with Gasteiger partial charge in [-0.2, -0.15) is 9.13 Å². The van der Waals surface area contributed by atoms with Gasteiger partial charge in [0, 0.05) is 49.1 Å². The number of aromatic nitrogens is 2. The molecule has 2 unspecified atom stereocenters. The lowest BCUT2D eigenvalue weighted by atomic mass is 9.56. The van der Waals surface area contributed by atoms with Gasteiger partial charge in [-0.25, -0.2) is 0 Å². The topological polar surface area (TPSA) is 7.76 Å². The van der Waals surface area contributed by atoms with Crippen molar-refractivity contribution in [2.24, 2.45) is 0 Å². The lowest BCUT2D eigenvalue weighted by Gasteiger charge is -2.49. The van der Waals surface area contributed by atoms with E-state index in [1.54, 1.807) is 16.7 Å². The van der Waals surface area contributed by atoms with Crippen LogP contribution in [0.4, 0.5) is 0 Å². The van der Waals surface area contributed by atoms with E-state index >= 15 is 0 Å². The van der Waals surface area contributed by atoms with Gasteiger partial charge < -0.3 is 0 Å². The fourth-order valence-electron chi connectivity index (χ4n) is 8.79. The van der Waals surface area contributed by atoms with Crippen LogP contribution in [0.2, 0.25) is 0 Å². The summed E-state index contributed by atoms with van der Waals surface area (Å²) >= 11 is 0. The molecule has 0 N–H and O–H groups in total. The molecule has 0 saturated heterocycles. The summed E-state index contributed by atoms with van der Waals surface area (Å²) in [4.78, 5) is 0. The van der Waals surface area contributed by atoms with Crippen LogP contribution >= 0.6 is 0 Å². The van der Waals surface area contributed by atoms with Crippen LogP contribution in [0.1, 0.15) is 109 Å². The van der Waals surface area contributed by atoms with E-state index in [1.165, 1.54) is 40.9 Å². The Labute approximate surface area is 260 Å². The molecule has 2 heteroatoms. The molecule has 2 aromatic heterocycles. The van der Waals surface area contributed by atoms with Gasteiger partial charge >= 0.3 is 0 Å². The molecule has 6 rings (SSSR count). The summed E-state index contributed by atoms with van der Waals surface area (Å²) in [7, 11) is 0. The van der Waals surface area contributed by atoms with Crippen molar-refractivity contribution in [3.05, 3.63) is 107 Å². The Morgan fingerprint density at radius 1 is 0.674 bits per heavy atom. The Morgan fingerprint density at radius 3 is 2.02 bits per heavy atom. The molecule has 3 heterocycles. The molecule has 224 valence electrons. The van der Waals surface area contributed by atoms with Gasteiger partial charge in [0.05, 0.1) is 11.0 Å². The Hall–Kier alpha value is -3.26. The molecule has 0 spiro atoms. The number of hydrogen-bond donors (Lipinski definition) is 0. The predicted molar refractivity (Wildman–Crippen MR) is 179 cm³/mol. The lowest BCUT2D eigenvalue weighted by Crippen LogP contribution is -2.69. The number of pyridine rings is 2. The number of fused-ring (bicyclic) bond motifs is 4. The van der Waals surface area contributed by atoms with Crippen molar-refractivity contribution in [3.8, 4) is 22.5 Å². The highest BCUT2D eigenvalue weighted by Gasteiger charge is 2.59. The summed E-state index contributed by atoms with van der Waals surface area (Å²) in [5.41, 5.74) is 11.9. The zero-order valence-corrected chi connectivity index (χ0v) is 27.9. The second kappa shape index (κ2) is 10.7. The molecule has 0 amide bonds. The lowest BCUT2D eigenvalue weighted by molar-refractivity contribution is -0.766. The van der Waals surface area contributed by atoms with Crippen molar-refractivity contribution >= 4 is 0 Å². The molecule has 1 aliphatic heterocycles. The average molecular weight is 573 g/mol. The molecule has 0 bridgehead atoms. The van der Waals surface area contributed by atoms with Crippen LogP contribution in [-0.4, -0.2) is 0 Å². The Morgan fingerprint density at radius 2 is 1.33 bits per heavy atom. The van der Waals surface area contributed by atoms with E-state index in [1.807, 2.05) is 0 Å². The number of nitrogens with zero attached hydrogens (tertiary/aromatic N) is 2. The largest absolute Gasteiger partial charge is 0.213 e. The zero-order chi connectivity index (χ0) is 30.6. The van der Waals surface area contributed by atoms with E-state index in [0.29, 0.717) is 0 Å². The summed E-state index contributed by atoms with van der Waals surface area (Å²) in [5.74, 6) is 0. The maximum atomic E-state index is 2.75. The van der Waals surface area contributed by atoms with Crippen LogP contribution in [0.5, 0.6) is 0 Å². The molecule has 0 saturated carbocycles. The molecule has 0 radical (unpaired) electrons. The third-order valence-corrected chi connectivity index (χ3v) is 11.9. The van der Waals surface area contributed by atoms with Gasteiger partial charge in [0.15, 0.2) is 17.9 Å². The molecular formula is C41H52N2+2. The van der Waals surface area contributed by atoms with Gasteiger partial charge in [-0.15, -0.1) is 0 Å². The molecule has 2 aromatic carbocycles. The number of rotatable bonds is 7. The molecule has 0 fully saturated rings. The van der Waals surface area contributed by atoms with Crippen LogP contribution in [0, 0.1) is 6.92 Å². The van der Waals surface area contributed by atoms with Crippen molar-refractivity contribution in [2.75, 3.05) is 0 Å². The van der Waals surface area contributed by atoms with E-state index in [0.717, 1.165) is 32.2 Å². The maximum absolute atomic E-state index is 2.75. The van der Waals surface area contributed by atoms with Crippen molar-refractivity contribution in [2.45, 2.75) is 122 Å². The highest BCUT2D eigenvalue weighted by Crippen LogP contribution is 2.54. The quantitative estimate of drug-likeness (QED) is 0.195. The molecule has 4 aromatic rings. The molecule has 2 atom stereocenters. The third-order valence-electron chi connectivity index (χ3n) is 11.9. The molecule has 2 nitrogen and oxygen atoms in total. The number of aryl methyl sites for hydroxylation is 2. The van der Waals surface area contributed by atoms with Crippen LogP contribution in [0.25, 0.3) is 22.5 Å². The Balaban J connectivity index is 1.45. The first-order chi connectivity index (χ1) is 20.5. The standard InChI is InChI=1S/C41H52N2/c1-9-40(8)41(10-2,23-17-27-42-26-16-15-22-36(42)31-19-12-11-18-30(31)3)33-21-14-13-20-32(33)37-28-34-35(29-43(37)40)39(6,7)25-24-38(34,4)5/h11-16,18-22,26,28-29H,9-10,17,23-25,27H2,1-8H3/q+2. The molecular weight excluding hydrogens is 520 g/mol. The van der Waals surface area contributed by atoms with Gasteiger partial charge in [-0.1, -0.05) is 77.9 Å². The Bertz CT molecular complexity index is 1660.